The first-order valence-electron chi connectivity index (χ1n) is 5.92. The number of hydrogen-bond donors (Lipinski definition) is 0. The van der Waals surface area contributed by atoms with Crippen LogP contribution in [0.3, 0.4) is 0 Å². The summed E-state index contributed by atoms with van der Waals surface area (Å²) in [6.45, 7) is 1.09. The Hall–Kier alpha value is -1.51. The van der Waals surface area contributed by atoms with E-state index >= 15 is 0 Å². The zero-order valence-electron chi connectivity index (χ0n) is 9.07. The normalized spacial score (nSPS) is 22.1. The van der Waals surface area contributed by atoms with Gasteiger partial charge in [0.25, 0.3) is 6.01 Å². The van der Waals surface area contributed by atoms with Crippen LogP contribution < -0.4 is 4.90 Å². The summed E-state index contributed by atoms with van der Waals surface area (Å²) in [7, 11) is 0. The molecule has 2 fully saturated rings. The van der Waals surface area contributed by atoms with Gasteiger partial charge in [-0.3, -0.25) is 0 Å². The van der Waals surface area contributed by atoms with Crippen molar-refractivity contribution in [2.24, 2.45) is 0 Å². The van der Waals surface area contributed by atoms with Gasteiger partial charge in [0.15, 0.2) is 5.58 Å². The molecule has 2 aliphatic rings. The molecule has 3 heteroatoms. The number of benzene rings is 1. The van der Waals surface area contributed by atoms with Gasteiger partial charge in [-0.25, -0.2) is 0 Å². The van der Waals surface area contributed by atoms with E-state index in [1.54, 1.807) is 0 Å². The average molecular weight is 213 g/mol. The van der Waals surface area contributed by atoms with Gasteiger partial charge in [0.05, 0.1) is 0 Å². The first-order valence-corrected chi connectivity index (χ1v) is 5.92. The highest BCUT2D eigenvalue weighted by Crippen LogP contribution is 2.49. The fourth-order valence-electron chi connectivity index (χ4n) is 2.86. The quantitative estimate of drug-likeness (QED) is 0.729. The van der Waals surface area contributed by atoms with E-state index in [9.17, 15) is 0 Å². The Bertz CT molecular complexity index is 503. The summed E-state index contributed by atoms with van der Waals surface area (Å²) in [5.74, 6) is 0. The van der Waals surface area contributed by atoms with Crippen LogP contribution in [-0.2, 0) is 0 Å². The van der Waals surface area contributed by atoms with E-state index in [2.05, 4.69) is 16.0 Å². The molecular weight excluding hydrogens is 200 g/mol. The molecule has 1 spiro atoms. The van der Waals surface area contributed by atoms with E-state index in [1.165, 1.54) is 25.7 Å². The number of oxazole rings is 1. The zero-order chi connectivity index (χ0) is 10.6. The minimum atomic E-state index is 0.407. The van der Waals surface area contributed by atoms with E-state index in [0.717, 1.165) is 23.7 Å². The smallest absolute Gasteiger partial charge is 0.298 e. The average Bonchev–Trinajstić information content (AvgIpc) is 2.56. The van der Waals surface area contributed by atoms with E-state index in [-0.39, 0.29) is 0 Å². The largest absolute Gasteiger partial charge is 0.423 e. The SMILES string of the molecule is [c]1ccc2oc(N3CCC34CCC4)nc2c1. The number of hydrogen-bond acceptors (Lipinski definition) is 3. The van der Waals surface area contributed by atoms with Crippen molar-refractivity contribution in [2.45, 2.75) is 31.2 Å². The summed E-state index contributed by atoms with van der Waals surface area (Å²) in [5, 5.41) is 0. The summed E-state index contributed by atoms with van der Waals surface area (Å²) >= 11 is 0. The second-order valence-corrected chi connectivity index (χ2v) is 4.87. The van der Waals surface area contributed by atoms with Gasteiger partial charge >= 0.3 is 0 Å². The Morgan fingerprint density at radius 3 is 2.94 bits per heavy atom. The lowest BCUT2D eigenvalue weighted by Gasteiger charge is -2.57. The fraction of sp³-hybridized carbons (Fsp3) is 0.462. The van der Waals surface area contributed by atoms with Crippen molar-refractivity contribution in [3.8, 4) is 0 Å². The topological polar surface area (TPSA) is 29.3 Å². The van der Waals surface area contributed by atoms with Crippen molar-refractivity contribution in [3.63, 3.8) is 0 Å². The van der Waals surface area contributed by atoms with Gasteiger partial charge in [-0.2, -0.15) is 4.98 Å². The molecule has 0 amide bonds. The maximum Gasteiger partial charge on any atom is 0.298 e. The molecule has 1 aliphatic heterocycles. The molecule has 1 saturated heterocycles. The summed E-state index contributed by atoms with van der Waals surface area (Å²) in [4.78, 5) is 6.88. The van der Waals surface area contributed by atoms with E-state index in [4.69, 9.17) is 4.42 Å². The molecule has 4 rings (SSSR count). The number of anilines is 1. The Morgan fingerprint density at radius 2 is 2.31 bits per heavy atom. The van der Waals surface area contributed by atoms with Crippen LogP contribution in [0, 0.1) is 6.07 Å². The molecule has 81 valence electrons. The first kappa shape index (κ1) is 8.62. The zero-order valence-corrected chi connectivity index (χ0v) is 9.07. The standard InChI is InChI=1S/C13H13N2O/c1-2-5-11-10(4-1)14-12(16-11)15-9-8-13(15)6-3-7-13/h2,4-5H,3,6-9H2. The first-order chi connectivity index (χ1) is 7.87. The van der Waals surface area contributed by atoms with Crippen LogP contribution in [0.25, 0.3) is 11.1 Å². The van der Waals surface area contributed by atoms with Gasteiger partial charge in [0, 0.05) is 12.1 Å². The highest BCUT2D eigenvalue weighted by Gasteiger charge is 2.50. The van der Waals surface area contributed by atoms with Crippen molar-refractivity contribution in [3.05, 3.63) is 24.3 Å². The lowest BCUT2D eigenvalue weighted by molar-refractivity contribution is 0.142. The van der Waals surface area contributed by atoms with Crippen LogP contribution in [-0.4, -0.2) is 17.1 Å². The van der Waals surface area contributed by atoms with Gasteiger partial charge in [0.2, 0.25) is 0 Å². The van der Waals surface area contributed by atoms with Crippen molar-refractivity contribution >= 4 is 17.1 Å². The molecule has 3 nitrogen and oxygen atoms in total. The molecule has 0 bridgehead atoms. The molecule has 1 aromatic heterocycles. The maximum atomic E-state index is 5.80. The van der Waals surface area contributed by atoms with Crippen molar-refractivity contribution < 1.29 is 4.42 Å². The predicted molar refractivity (Wildman–Crippen MR) is 61.4 cm³/mol. The Kier molecular flexibility index (Phi) is 1.50. The number of nitrogens with zero attached hydrogens (tertiary/aromatic N) is 2. The van der Waals surface area contributed by atoms with Crippen molar-refractivity contribution in [1.82, 2.24) is 4.98 Å². The van der Waals surface area contributed by atoms with E-state index in [0.29, 0.717) is 5.54 Å². The Balaban J connectivity index is 1.76. The van der Waals surface area contributed by atoms with Gasteiger partial charge in [-0.15, -0.1) is 0 Å². The van der Waals surface area contributed by atoms with Crippen LogP contribution in [0.5, 0.6) is 0 Å². The van der Waals surface area contributed by atoms with Crippen LogP contribution in [0.1, 0.15) is 25.7 Å². The number of fused-ring (bicyclic) bond motifs is 1. The third kappa shape index (κ3) is 0.958. The second-order valence-electron chi connectivity index (χ2n) is 4.87. The highest BCUT2D eigenvalue weighted by molar-refractivity contribution is 5.74. The molecule has 0 N–H and O–H groups in total. The number of aromatic nitrogens is 1. The third-order valence-electron chi connectivity index (χ3n) is 4.11. The predicted octanol–water partition coefficient (Wildman–Crippen LogP) is 2.76. The minimum Gasteiger partial charge on any atom is -0.423 e. The molecule has 1 aromatic carbocycles. The van der Waals surface area contributed by atoms with Gasteiger partial charge in [0.1, 0.15) is 5.52 Å². The summed E-state index contributed by atoms with van der Waals surface area (Å²) in [6.07, 6.45) is 5.26. The molecule has 16 heavy (non-hydrogen) atoms. The van der Waals surface area contributed by atoms with Crippen molar-refractivity contribution in [1.29, 1.82) is 0 Å². The van der Waals surface area contributed by atoms with E-state index < -0.39 is 0 Å². The van der Waals surface area contributed by atoms with Gasteiger partial charge < -0.3 is 9.32 Å². The lowest BCUT2D eigenvalue weighted by Crippen LogP contribution is -2.64. The van der Waals surface area contributed by atoms with E-state index in [1.807, 2.05) is 18.2 Å². The molecule has 1 saturated carbocycles. The Morgan fingerprint density at radius 1 is 1.38 bits per heavy atom. The van der Waals surface area contributed by atoms with Gasteiger partial charge in [-0.05, 0) is 43.9 Å². The highest BCUT2D eigenvalue weighted by atomic mass is 16.4. The molecule has 2 heterocycles. The van der Waals surface area contributed by atoms with Crippen LogP contribution in [0.4, 0.5) is 6.01 Å². The molecule has 2 aromatic rings. The number of rotatable bonds is 1. The summed E-state index contributed by atoms with van der Waals surface area (Å²) < 4.78 is 5.80. The second kappa shape index (κ2) is 2.78. The molecule has 1 radical (unpaired) electrons. The van der Waals surface area contributed by atoms with Crippen LogP contribution >= 0.6 is 0 Å². The van der Waals surface area contributed by atoms with Crippen LogP contribution in [0.2, 0.25) is 0 Å². The molecule has 1 aliphatic carbocycles. The molecule has 0 atom stereocenters. The summed E-state index contributed by atoms with van der Waals surface area (Å²) in [6, 6.07) is 9.52. The maximum absolute atomic E-state index is 5.80. The Labute approximate surface area is 94.1 Å². The summed E-state index contributed by atoms with van der Waals surface area (Å²) in [5.41, 5.74) is 2.19. The third-order valence-corrected chi connectivity index (χ3v) is 4.11. The van der Waals surface area contributed by atoms with Crippen molar-refractivity contribution in [2.75, 3.05) is 11.4 Å². The van der Waals surface area contributed by atoms with Crippen LogP contribution in [0.15, 0.2) is 22.6 Å². The monoisotopic (exact) mass is 213 g/mol. The molecular formula is C13H13N2O. The minimum absolute atomic E-state index is 0.407. The van der Waals surface area contributed by atoms with Gasteiger partial charge in [-0.1, -0.05) is 6.07 Å². The molecule has 0 unspecified atom stereocenters. The lowest BCUT2D eigenvalue weighted by atomic mass is 9.68. The fourth-order valence-corrected chi connectivity index (χ4v) is 2.86.